The van der Waals surface area contributed by atoms with Gasteiger partial charge in [0.2, 0.25) is 5.91 Å². The summed E-state index contributed by atoms with van der Waals surface area (Å²) < 4.78 is 13.1. The summed E-state index contributed by atoms with van der Waals surface area (Å²) in [4.78, 5) is 18.5. The molecular weight excluding hydrogens is 482 g/mol. The number of hydrogen-bond acceptors (Lipinski definition) is 2. The predicted molar refractivity (Wildman–Crippen MR) is 119 cm³/mol. The molecule has 1 saturated carbocycles. The Morgan fingerprint density at radius 2 is 1.96 bits per heavy atom. The van der Waals surface area contributed by atoms with E-state index in [1.807, 2.05) is 14.1 Å². The Morgan fingerprint density at radius 3 is 2.52 bits per heavy atom. The Morgan fingerprint density at radius 1 is 1.30 bits per heavy atom. The van der Waals surface area contributed by atoms with Gasteiger partial charge in [-0.3, -0.25) is 9.79 Å². The van der Waals surface area contributed by atoms with Crippen LogP contribution in [0.1, 0.15) is 31.2 Å². The number of nitrogens with one attached hydrogen (secondary N) is 2. The molecule has 0 bridgehead atoms. The normalized spacial score (nSPS) is 15.8. The highest BCUT2D eigenvalue weighted by atomic mass is 127. The molecule has 8 heteroatoms. The van der Waals surface area contributed by atoms with E-state index in [0.29, 0.717) is 30.5 Å². The number of carbonyl (C=O) groups is 1. The number of benzene rings is 1. The van der Waals surface area contributed by atoms with Crippen LogP contribution in [0.15, 0.2) is 23.2 Å². The minimum absolute atomic E-state index is 0. The first-order chi connectivity index (χ1) is 12.4. The van der Waals surface area contributed by atoms with Crippen molar-refractivity contribution in [3.8, 4) is 0 Å². The predicted octanol–water partition coefficient (Wildman–Crippen LogP) is 3.45. The largest absolute Gasteiger partial charge is 0.356 e. The fourth-order valence-corrected chi connectivity index (χ4v) is 3.77. The van der Waals surface area contributed by atoms with Crippen molar-refractivity contribution in [2.75, 3.05) is 34.2 Å². The van der Waals surface area contributed by atoms with Crippen molar-refractivity contribution >= 4 is 47.4 Å². The monoisotopic (exact) mass is 510 g/mol. The molecular formula is C19H29ClFIN4O. The van der Waals surface area contributed by atoms with Gasteiger partial charge in [0.25, 0.3) is 0 Å². The lowest BCUT2D eigenvalue weighted by atomic mass is 9.84. The van der Waals surface area contributed by atoms with E-state index in [1.54, 1.807) is 18.0 Å². The molecule has 1 aliphatic rings. The number of hydrogen-bond donors (Lipinski definition) is 2. The van der Waals surface area contributed by atoms with E-state index in [2.05, 4.69) is 15.6 Å². The lowest BCUT2D eigenvalue weighted by Crippen LogP contribution is -2.49. The van der Waals surface area contributed by atoms with Crippen LogP contribution < -0.4 is 10.6 Å². The molecule has 1 aliphatic carbocycles. The minimum atomic E-state index is -0.346. The van der Waals surface area contributed by atoms with Crippen molar-refractivity contribution in [1.82, 2.24) is 15.5 Å². The number of rotatable bonds is 6. The molecule has 2 N–H and O–H groups in total. The van der Waals surface area contributed by atoms with Crippen molar-refractivity contribution in [3.05, 3.63) is 34.6 Å². The van der Waals surface area contributed by atoms with Crippen LogP contribution in [0.3, 0.4) is 0 Å². The highest BCUT2D eigenvalue weighted by Crippen LogP contribution is 2.38. The third-order valence-corrected chi connectivity index (χ3v) is 5.29. The molecule has 0 heterocycles. The third kappa shape index (κ3) is 6.48. The number of aliphatic imine (C=N–C) groups is 1. The van der Waals surface area contributed by atoms with Crippen LogP contribution in [-0.4, -0.2) is 51.0 Å². The van der Waals surface area contributed by atoms with Gasteiger partial charge in [-0.05, 0) is 37.0 Å². The standard InChI is InChI=1S/C19H28ClFN4O.HI/c1-22-18(23-11-8-14-6-7-15(21)12-16(14)20)24-13-19(9-4-5-10-19)17(26)25(2)3;/h6-7,12H,4-5,8-11,13H2,1-3H3,(H2,22,23,24);1H. The van der Waals surface area contributed by atoms with E-state index in [-0.39, 0.29) is 41.1 Å². The van der Waals surface area contributed by atoms with E-state index in [1.165, 1.54) is 12.1 Å². The number of guanidine groups is 1. The second kappa shape index (κ2) is 11.0. The number of nitrogens with zero attached hydrogens (tertiary/aromatic N) is 2. The lowest BCUT2D eigenvalue weighted by Gasteiger charge is -2.31. The molecule has 27 heavy (non-hydrogen) atoms. The molecule has 0 aliphatic heterocycles. The van der Waals surface area contributed by atoms with E-state index in [9.17, 15) is 9.18 Å². The molecule has 1 aromatic rings. The van der Waals surface area contributed by atoms with Gasteiger partial charge in [-0.1, -0.05) is 30.5 Å². The molecule has 0 radical (unpaired) electrons. The lowest BCUT2D eigenvalue weighted by molar-refractivity contribution is -0.138. The van der Waals surface area contributed by atoms with Gasteiger partial charge in [-0.25, -0.2) is 4.39 Å². The van der Waals surface area contributed by atoms with Gasteiger partial charge in [0.1, 0.15) is 5.82 Å². The summed E-state index contributed by atoms with van der Waals surface area (Å²) in [5.74, 6) is 0.494. The summed E-state index contributed by atoms with van der Waals surface area (Å²) in [6.45, 7) is 1.18. The fraction of sp³-hybridized carbons (Fsp3) is 0.579. The Kier molecular flexibility index (Phi) is 9.80. The van der Waals surface area contributed by atoms with E-state index in [4.69, 9.17) is 11.6 Å². The molecule has 1 amide bonds. The first kappa shape index (κ1) is 23.9. The molecule has 5 nitrogen and oxygen atoms in total. The Hall–Kier alpha value is -1.09. The van der Waals surface area contributed by atoms with Crippen molar-refractivity contribution in [2.24, 2.45) is 10.4 Å². The van der Waals surface area contributed by atoms with Gasteiger partial charge in [0, 0.05) is 39.3 Å². The van der Waals surface area contributed by atoms with Crippen LogP contribution in [0.25, 0.3) is 0 Å². The maximum absolute atomic E-state index is 13.1. The average Bonchev–Trinajstić information content (AvgIpc) is 3.08. The summed E-state index contributed by atoms with van der Waals surface area (Å²) in [5.41, 5.74) is 0.535. The van der Waals surface area contributed by atoms with Gasteiger partial charge < -0.3 is 15.5 Å². The maximum Gasteiger partial charge on any atom is 0.230 e. The summed E-state index contributed by atoms with van der Waals surface area (Å²) >= 11 is 6.05. The van der Waals surface area contributed by atoms with Crippen molar-refractivity contribution < 1.29 is 9.18 Å². The van der Waals surface area contributed by atoms with Crippen LogP contribution in [-0.2, 0) is 11.2 Å². The Balaban J connectivity index is 0.00000364. The average molecular weight is 511 g/mol. The summed E-state index contributed by atoms with van der Waals surface area (Å²) in [5, 5.41) is 6.95. The van der Waals surface area contributed by atoms with Crippen molar-refractivity contribution in [1.29, 1.82) is 0 Å². The van der Waals surface area contributed by atoms with Gasteiger partial charge >= 0.3 is 0 Å². The van der Waals surface area contributed by atoms with E-state index < -0.39 is 0 Å². The second-order valence-electron chi connectivity index (χ2n) is 7.03. The van der Waals surface area contributed by atoms with Crippen LogP contribution in [0, 0.1) is 11.2 Å². The van der Waals surface area contributed by atoms with Gasteiger partial charge in [0.15, 0.2) is 5.96 Å². The first-order valence-electron chi connectivity index (χ1n) is 8.98. The zero-order valence-corrected chi connectivity index (χ0v) is 19.2. The third-order valence-electron chi connectivity index (χ3n) is 4.94. The molecule has 2 rings (SSSR count). The number of amides is 1. The van der Waals surface area contributed by atoms with Crippen molar-refractivity contribution in [2.45, 2.75) is 32.1 Å². The van der Waals surface area contributed by atoms with Crippen molar-refractivity contribution in [3.63, 3.8) is 0 Å². The van der Waals surface area contributed by atoms with E-state index in [0.717, 1.165) is 31.2 Å². The number of carbonyl (C=O) groups excluding carboxylic acids is 1. The smallest absolute Gasteiger partial charge is 0.230 e. The SMILES string of the molecule is CN=C(NCCc1ccc(F)cc1Cl)NCC1(C(=O)N(C)C)CCCC1.I. The van der Waals surface area contributed by atoms with Crippen LogP contribution >= 0.6 is 35.6 Å². The first-order valence-corrected chi connectivity index (χ1v) is 9.36. The molecule has 152 valence electrons. The fourth-order valence-electron chi connectivity index (χ4n) is 3.51. The summed E-state index contributed by atoms with van der Waals surface area (Å²) in [7, 11) is 5.32. The minimum Gasteiger partial charge on any atom is -0.356 e. The number of halogens is 3. The van der Waals surface area contributed by atoms with Gasteiger partial charge in [-0.15, -0.1) is 24.0 Å². The topological polar surface area (TPSA) is 56.7 Å². The zero-order valence-electron chi connectivity index (χ0n) is 16.1. The highest BCUT2D eigenvalue weighted by molar-refractivity contribution is 14.0. The molecule has 1 aromatic carbocycles. The molecule has 0 atom stereocenters. The van der Waals surface area contributed by atoms with E-state index >= 15 is 0 Å². The maximum atomic E-state index is 13.1. The van der Waals surface area contributed by atoms with Gasteiger partial charge in [-0.2, -0.15) is 0 Å². The quantitative estimate of drug-likeness (QED) is 0.350. The molecule has 1 fully saturated rings. The van der Waals surface area contributed by atoms with Crippen LogP contribution in [0.4, 0.5) is 4.39 Å². The molecule has 0 saturated heterocycles. The molecule has 0 spiro atoms. The summed E-state index contributed by atoms with van der Waals surface area (Å²) in [6, 6.07) is 4.42. The molecule has 0 unspecified atom stereocenters. The second-order valence-corrected chi connectivity index (χ2v) is 7.43. The molecule has 0 aromatic heterocycles. The zero-order chi connectivity index (χ0) is 19.2. The summed E-state index contributed by atoms with van der Waals surface area (Å²) in [6.07, 6.45) is 4.62. The highest BCUT2D eigenvalue weighted by Gasteiger charge is 2.42. The van der Waals surface area contributed by atoms with Gasteiger partial charge in [0.05, 0.1) is 5.41 Å². The Bertz CT molecular complexity index is 663. The van der Waals surface area contributed by atoms with Crippen LogP contribution in [0.5, 0.6) is 0 Å². The Labute approximate surface area is 183 Å². The van der Waals surface area contributed by atoms with Crippen LogP contribution in [0.2, 0.25) is 5.02 Å².